The Morgan fingerprint density at radius 3 is 1.93 bits per heavy atom. The Kier molecular flexibility index (Phi) is 14.1. The molecule has 0 radical (unpaired) electrons. The van der Waals surface area contributed by atoms with Crippen molar-refractivity contribution in [1.29, 1.82) is 0 Å². The first-order valence-electron chi connectivity index (χ1n) is 14.7. The molecule has 0 saturated heterocycles. The highest BCUT2D eigenvalue weighted by molar-refractivity contribution is 6.39. The maximum atomic E-state index is 13.2. The number of ketones is 2. The van der Waals surface area contributed by atoms with Crippen LogP contribution in [0.15, 0.2) is 42.5 Å². The fourth-order valence-corrected chi connectivity index (χ4v) is 4.29. The number of hydrogen-bond donors (Lipinski definition) is 5. The second kappa shape index (κ2) is 17.5. The number of hydrazine groups is 1. The van der Waals surface area contributed by atoms with Crippen molar-refractivity contribution in [1.82, 2.24) is 21.4 Å². The molecule has 4 amide bonds. The first kappa shape index (κ1) is 35.6. The van der Waals surface area contributed by atoms with Crippen LogP contribution in [0.1, 0.15) is 69.8 Å². The zero-order valence-electron chi connectivity index (χ0n) is 26.5. The quantitative estimate of drug-likeness (QED) is 0.134. The van der Waals surface area contributed by atoms with Crippen LogP contribution in [0.3, 0.4) is 0 Å². The average Bonchev–Trinajstić information content (AvgIpc) is 3.00. The van der Waals surface area contributed by atoms with Crippen LogP contribution in [0, 0.1) is 5.92 Å². The van der Waals surface area contributed by atoms with Crippen molar-refractivity contribution >= 4 is 35.1 Å². The minimum Gasteiger partial charge on any atom is -0.497 e. The van der Waals surface area contributed by atoms with Gasteiger partial charge >= 0.3 is 6.03 Å². The van der Waals surface area contributed by atoms with Gasteiger partial charge < -0.3 is 25.4 Å². The summed E-state index contributed by atoms with van der Waals surface area (Å²) in [6.07, 6.45) is 0.750. The summed E-state index contributed by atoms with van der Waals surface area (Å²) in [6, 6.07) is 9.09. The molecule has 0 aliphatic carbocycles. The summed E-state index contributed by atoms with van der Waals surface area (Å²) in [4.78, 5) is 63.7. The first-order chi connectivity index (χ1) is 20.9. The van der Waals surface area contributed by atoms with Crippen molar-refractivity contribution in [3.8, 4) is 11.5 Å². The molecule has 0 saturated carbocycles. The molecule has 1 unspecified atom stereocenters. The van der Waals surface area contributed by atoms with Crippen LogP contribution in [-0.2, 0) is 20.8 Å². The van der Waals surface area contributed by atoms with Crippen molar-refractivity contribution in [3.05, 3.63) is 53.6 Å². The Labute approximate surface area is 259 Å². The molecule has 0 bridgehead atoms. The largest absolute Gasteiger partial charge is 0.497 e. The highest BCUT2D eigenvalue weighted by atomic mass is 16.5. The van der Waals surface area contributed by atoms with Gasteiger partial charge in [-0.25, -0.2) is 4.79 Å². The van der Waals surface area contributed by atoms with E-state index in [4.69, 9.17) is 9.47 Å². The third-order valence-electron chi connectivity index (χ3n) is 6.58. The molecule has 0 aliphatic heterocycles. The van der Waals surface area contributed by atoms with E-state index in [1.165, 1.54) is 14.2 Å². The number of aryl methyl sites for hydroxylation is 1. The number of nitrogens with one attached hydrogen (secondary N) is 5. The fourth-order valence-electron chi connectivity index (χ4n) is 4.29. The van der Waals surface area contributed by atoms with E-state index < -0.39 is 35.6 Å². The van der Waals surface area contributed by atoms with E-state index in [2.05, 4.69) is 26.8 Å². The van der Waals surface area contributed by atoms with Gasteiger partial charge in [0.15, 0.2) is 0 Å². The van der Waals surface area contributed by atoms with Crippen molar-refractivity contribution in [2.75, 3.05) is 19.6 Å². The lowest BCUT2D eigenvalue weighted by atomic mass is 9.98. The van der Waals surface area contributed by atoms with Crippen LogP contribution in [0.5, 0.6) is 11.5 Å². The molecule has 2 aromatic rings. The molecular weight excluding hydrogens is 566 g/mol. The van der Waals surface area contributed by atoms with Gasteiger partial charge in [-0.1, -0.05) is 20.8 Å². The normalized spacial score (nSPS) is 12.1. The molecule has 2 aromatic carbocycles. The fraction of sp³-hybridized carbons (Fsp3) is 0.469. The van der Waals surface area contributed by atoms with E-state index >= 15 is 0 Å². The van der Waals surface area contributed by atoms with Crippen molar-refractivity contribution in [2.45, 2.75) is 78.4 Å². The summed E-state index contributed by atoms with van der Waals surface area (Å²) in [6.45, 7) is 9.23. The lowest BCUT2D eigenvalue weighted by Gasteiger charge is -2.23. The van der Waals surface area contributed by atoms with Crippen LogP contribution < -0.4 is 36.3 Å². The zero-order valence-corrected chi connectivity index (χ0v) is 26.5. The average molecular weight is 612 g/mol. The summed E-state index contributed by atoms with van der Waals surface area (Å²) in [5, 5.41) is 8.08. The first-order valence-corrected chi connectivity index (χ1v) is 14.7. The van der Waals surface area contributed by atoms with Crippen LogP contribution in [-0.4, -0.2) is 61.8 Å². The molecule has 5 N–H and O–H groups in total. The van der Waals surface area contributed by atoms with E-state index in [0.717, 1.165) is 5.56 Å². The molecule has 0 aliphatic rings. The van der Waals surface area contributed by atoms with E-state index in [-0.39, 0.29) is 30.7 Å². The van der Waals surface area contributed by atoms with Gasteiger partial charge in [-0.05, 0) is 81.0 Å². The molecule has 2 atom stereocenters. The molecule has 0 heterocycles. The molecule has 0 spiro atoms. The number of ether oxygens (including phenoxy) is 2. The SMILES string of the molecule is CCC(NC(=O)[C@H](CC(C)C)NC(=O)NNc1ccc(C(=O)NC(C)C)cc1)C(=O)C(=O)CCc1cc(OC)cc(OC)c1. The topological polar surface area (TPSA) is 164 Å². The number of Topliss-reactive ketones (excluding diaryl/α,β-unsaturated/α-hetero) is 2. The summed E-state index contributed by atoms with van der Waals surface area (Å²) in [7, 11) is 3.05. The molecule has 0 aromatic heterocycles. The van der Waals surface area contributed by atoms with Crippen LogP contribution in [0.4, 0.5) is 10.5 Å². The van der Waals surface area contributed by atoms with Gasteiger partial charge in [0, 0.05) is 24.1 Å². The third-order valence-corrected chi connectivity index (χ3v) is 6.58. The second-order valence-corrected chi connectivity index (χ2v) is 11.1. The van der Waals surface area contributed by atoms with Crippen molar-refractivity contribution in [3.63, 3.8) is 0 Å². The second-order valence-electron chi connectivity index (χ2n) is 11.1. The number of rotatable bonds is 17. The van der Waals surface area contributed by atoms with Crippen molar-refractivity contribution < 1.29 is 33.4 Å². The lowest BCUT2D eigenvalue weighted by molar-refractivity contribution is -0.139. The third kappa shape index (κ3) is 11.6. The highest BCUT2D eigenvalue weighted by Crippen LogP contribution is 2.23. The molecule has 12 nitrogen and oxygen atoms in total. The van der Waals surface area contributed by atoms with Crippen LogP contribution in [0.2, 0.25) is 0 Å². The number of benzene rings is 2. The van der Waals surface area contributed by atoms with Gasteiger partial charge in [-0.3, -0.25) is 30.0 Å². The number of amides is 4. The Balaban J connectivity index is 1.96. The number of carbonyl (C=O) groups is 5. The van der Waals surface area contributed by atoms with E-state index in [1.54, 1.807) is 49.4 Å². The Morgan fingerprint density at radius 1 is 0.795 bits per heavy atom. The molecule has 2 rings (SSSR count). The standard InChI is InChI=1S/C32H45N5O7/c1-8-26(29(39)28(38)14-9-21-16-24(43-6)18-25(17-21)44-7)34-31(41)27(15-19(2)3)35-32(42)37-36-23-12-10-22(11-13-23)30(40)33-20(4)5/h10-13,16-20,26-27,36H,8-9,14-15H2,1-7H3,(H,33,40)(H,34,41)(H2,35,37,42)/t26?,27-/m0/s1. The monoisotopic (exact) mass is 611 g/mol. The molecule has 240 valence electrons. The lowest BCUT2D eigenvalue weighted by Crippen LogP contribution is -2.55. The van der Waals surface area contributed by atoms with Gasteiger partial charge in [-0.2, -0.15) is 0 Å². The summed E-state index contributed by atoms with van der Waals surface area (Å²) >= 11 is 0. The minimum atomic E-state index is -1.03. The van der Waals surface area contributed by atoms with Gasteiger partial charge in [0.1, 0.15) is 17.5 Å². The minimum absolute atomic E-state index is 0.00245. The number of urea groups is 1. The van der Waals surface area contributed by atoms with Crippen LogP contribution in [0.25, 0.3) is 0 Å². The highest BCUT2D eigenvalue weighted by Gasteiger charge is 2.29. The van der Waals surface area contributed by atoms with Gasteiger partial charge in [0.2, 0.25) is 17.5 Å². The predicted molar refractivity (Wildman–Crippen MR) is 168 cm³/mol. The Morgan fingerprint density at radius 2 is 1.41 bits per heavy atom. The number of carbonyl (C=O) groups excluding carboxylic acids is 5. The van der Waals surface area contributed by atoms with Crippen molar-refractivity contribution in [2.24, 2.45) is 5.92 Å². The van der Waals surface area contributed by atoms with Gasteiger partial charge in [0.25, 0.3) is 5.91 Å². The predicted octanol–water partition coefficient (Wildman–Crippen LogP) is 3.55. The van der Waals surface area contributed by atoms with Gasteiger partial charge in [0.05, 0.1) is 25.9 Å². The van der Waals surface area contributed by atoms with E-state index in [1.807, 2.05) is 27.7 Å². The number of hydrogen-bond acceptors (Lipinski definition) is 8. The molecule has 0 fully saturated rings. The molecule has 44 heavy (non-hydrogen) atoms. The summed E-state index contributed by atoms with van der Waals surface area (Å²) in [5.41, 5.74) is 6.98. The summed E-state index contributed by atoms with van der Waals surface area (Å²) in [5.74, 6) is -0.895. The molecule has 12 heteroatoms. The maximum Gasteiger partial charge on any atom is 0.334 e. The number of anilines is 1. The van der Waals surface area contributed by atoms with E-state index in [9.17, 15) is 24.0 Å². The Bertz CT molecular complexity index is 1270. The van der Waals surface area contributed by atoms with Crippen LogP contribution >= 0.6 is 0 Å². The zero-order chi connectivity index (χ0) is 32.8. The maximum absolute atomic E-state index is 13.2. The summed E-state index contributed by atoms with van der Waals surface area (Å²) < 4.78 is 10.5. The van der Waals surface area contributed by atoms with Gasteiger partial charge in [-0.15, -0.1) is 0 Å². The number of methoxy groups -OCH3 is 2. The molecular formula is C32H45N5O7. The van der Waals surface area contributed by atoms with E-state index in [0.29, 0.717) is 35.6 Å². The Hall–Kier alpha value is -4.61. The smallest absolute Gasteiger partial charge is 0.334 e.